The van der Waals surface area contributed by atoms with Gasteiger partial charge in [-0.15, -0.1) is 0 Å². The summed E-state index contributed by atoms with van der Waals surface area (Å²) in [6.45, 7) is 4.13. The van der Waals surface area contributed by atoms with Gasteiger partial charge in [-0.25, -0.2) is 0 Å². The minimum atomic E-state index is 0.280. The van der Waals surface area contributed by atoms with Crippen LogP contribution in [-0.4, -0.2) is 60.8 Å². The number of likely N-dealkylation sites (N-methyl/N-ethyl adjacent to an activating group) is 1. The van der Waals surface area contributed by atoms with Crippen LogP contribution in [0.15, 0.2) is 4.99 Å². The number of likely N-dealkylation sites (tertiary alicyclic amines) is 1. The van der Waals surface area contributed by atoms with Crippen LogP contribution in [0.2, 0.25) is 0 Å². The van der Waals surface area contributed by atoms with Gasteiger partial charge in [-0.3, -0.25) is 4.99 Å². The molecule has 0 aromatic heterocycles. The maximum absolute atomic E-state index is 5.46. The monoisotopic (exact) mass is 269 g/mol. The van der Waals surface area contributed by atoms with Crippen LogP contribution in [0.25, 0.3) is 0 Å². The van der Waals surface area contributed by atoms with E-state index in [-0.39, 0.29) is 5.54 Å². The lowest BCUT2D eigenvalue weighted by Crippen LogP contribution is -2.48. The van der Waals surface area contributed by atoms with Crippen molar-refractivity contribution in [3.8, 4) is 0 Å². The van der Waals surface area contributed by atoms with Crippen molar-refractivity contribution in [3.63, 3.8) is 0 Å². The number of amidine groups is 1. The van der Waals surface area contributed by atoms with Gasteiger partial charge in [0, 0.05) is 25.5 Å². The van der Waals surface area contributed by atoms with Crippen LogP contribution in [0.1, 0.15) is 25.7 Å². The van der Waals surface area contributed by atoms with Crippen LogP contribution in [0.4, 0.5) is 0 Å². The molecule has 4 nitrogen and oxygen atoms in total. The minimum Gasteiger partial charge on any atom is -0.381 e. The Hall–Kier alpha value is -0.260. The third kappa shape index (κ3) is 2.83. The molecule has 1 N–H and O–H groups in total. The zero-order chi connectivity index (χ0) is 12.4. The topological polar surface area (TPSA) is 36.9 Å². The fourth-order valence-electron chi connectivity index (χ4n) is 3.02. The highest BCUT2D eigenvalue weighted by Gasteiger charge is 2.38. The highest BCUT2D eigenvalue weighted by Crippen LogP contribution is 2.32. The van der Waals surface area contributed by atoms with Crippen molar-refractivity contribution < 1.29 is 4.74 Å². The Morgan fingerprint density at radius 3 is 3.06 bits per heavy atom. The van der Waals surface area contributed by atoms with Gasteiger partial charge >= 0.3 is 0 Å². The predicted molar refractivity (Wildman–Crippen MR) is 76.3 cm³/mol. The van der Waals surface area contributed by atoms with E-state index in [0.29, 0.717) is 6.04 Å². The molecule has 3 heterocycles. The maximum Gasteiger partial charge on any atom is 0.157 e. The highest BCUT2D eigenvalue weighted by atomic mass is 32.2. The summed E-state index contributed by atoms with van der Waals surface area (Å²) in [7, 11) is 2.20. The molecule has 3 aliphatic rings. The van der Waals surface area contributed by atoms with Gasteiger partial charge in [-0.1, -0.05) is 11.8 Å². The van der Waals surface area contributed by atoms with E-state index in [0.717, 1.165) is 38.4 Å². The van der Waals surface area contributed by atoms with Crippen molar-refractivity contribution in [3.05, 3.63) is 0 Å². The van der Waals surface area contributed by atoms with Crippen molar-refractivity contribution in [1.29, 1.82) is 0 Å². The summed E-state index contributed by atoms with van der Waals surface area (Å²) in [4.78, 5) is 7.31. The number of nitrogens with one attached hydrogen (secondary N) is 1. The molecular weight excluding hydrogens is 246 g/mol. The number of aliphatic imine (C=N–C) groups is 1. The van der Waals surface area contributed by atoms with Crippen molar-refractivity contribution in [2.75, 3.05) is 39.1 Å². The molecule has 0 aromatic rings. The molecule has 3 saturated heterocycles. The van der Waals surface area contributed by atoms with E-state index in [4.69, 9.17) is 9.73 Å². The number of thioether (sulfide) groups is 1. The van der Waals surface area contributed by atoms with E-state index in [1.165, 1.54) is 24.6 Å². The SMILES string of the molecule is CN1CCCC(N=C2NC3(CCOCC3)CS2)C1. The third-order valence-electron chi connectivity index (χ3n) is 4.21. The zero-order valence-corrected chi connectivity index (χ0v) is 12.0. The van der Waals surface area contributed by atoms with Gasteiger partial charge in [0.25, 0.3) is 0 Å². The molecule has 3 fully saturated rings. The lowest BCUT2D eigenvalue weighted by molar-refractivity contribution is 0.0555. The van der Waals surface area contributed by atoms with Crippen LogP contribution >= 0.6 is 11.8 Å². The predicted octanol–water partition coefficient (Wildman–Crippen LogP) is 1.32. The first-order valence-corrected chi connectivity index (χ1v) is 7.99. The second-order valence-corrected chi connectivity index (χ2v) is 6.76. The first kappa shape index (κ1) is 12.8. The van der Waals surface area contributed by atoms with E-state index in [2.05, 4.69) is 17.3 Å². The number of hydrogen-bond donors (Lipinski definition) is 1. The van der Waals surface area contributed by atoms with Gasteiger partial charge < -0.3 is 15.0 Å². The van der Waals surface area contributed by atoms with Gasteiger partial charge in [0.2, 0.25) is 0 Å². The molecule has 102 valence electrons. The average molecular weight is 269 g/mol. The largest absolute Gasteiger partial charge is 0.381 e. The van der Waals surface area contributed by atoms with Gasteiger partial charge in [0.1, 0.15) is 0 Å². The average Bonchev–Trinajstić information content (AvgIpc) is 2.73. The van der Waals surface area contributed by atoms with Crippen LogP contribution in [0, 0.1) is 0 Å². The smallest absolute Gasteiger partial charge is 0.157 e. The van der Waals surface area contributed by atoms with E-state index in [9.17, 15) is 0 Å². The van der Waals surface area contributed by atoms with Crippen molar-refractivity contribution in [1.82, 2.24) is 10.2 Å². The Morgan fingerprint density at radius 2 is 2.28 bits per heavy atom. The second kappa shape index (κ2) is 5.39. The fraction of sp³-hybridized carbons (Fsp3) is 0.923. The highest BCUT2D eigenvalue weighted by molar-refractivity contribution is 8.14. The Balaban J connectivity index is 1.60. The molecule has 0 aliphatic carbocycles. The van der Waals surface area contributed by atoms with E-state index < -0.39 is 0 Å². The molecule has 3 rings (SSSR count). The quantitative estimate of drug-likeness (QED) is 0.779. The van der Waals surface area contributed by atoms with Gasteiger partial charge in [-0.2, -0.15) is 0 Å². The summed E-state index contributed by atoms with van der Waals surface area (Å²) >= 11 is 1.91. The normalized spacial score (nSPS) is 34.9. The summed E-state index contributed by atoms with van der Waals surface area (Å²) in [6, 6.07) is 0.494. The van der Waals surface area contributed by atoms with Gasteiger partial charge in [-0.05, 0) is 39.3 Å². The number of nitrogens with zero attached hydrogens (tertiary/aromatic N) is 2. The second-order valence-electron chi connectivity index (χ2n) is 5.80. The number of rotatable bonds is 1. The summed E-state index contributed by atoms with van der Waals surface area (Å²) in [6.07, 6.45) is 4.78. The molecule has 0 bridgehead atoms. The van der Waals surface area contributed by atoms with E-state index >= 15 is 0 Å². The summed E-state index contributed by atoms with van der Waals surface area (Å²) < 4.78 is 5.46. The first-order valence-electron chi connectivity index (χ1n) is 7.01. The number of ether oxygens (including phenoxy) is 1. The number of hydrogen-bond acceptors (Lipinski definition) is 4. The lowest BCUT2D eigenvalue weighted by atomic mass is 9.93. The molecule has 3 aliphatic heterocycles. The first-order chi connectivity index (χ1) is 8.76. The lowest BCUT2D eigenvalue weighted by Gasteiger charge is -2.33. The third-order valence-corrected chi connectivity index (χ3v) is 5.38. The zero-order valence-electron chi connectivity index (χ0n) is 11.2. The Labute approximate surface area is 114 Å². The molecule has 0 aromatic carbocycles. The number of piperidine rings is 1. The molecule has 1 unspecified atom stereocenters. The standard InChI is InChI=1S/C13H23N3OS/c1-16-6-2-3-11(9-16)14-12-15-13(10-18-12)4-7-17-8-5-13/h11H,2-10H2,1H3,(H,14,15). The summed E-state index contributed by atoms with van der Waals surface area (Å²) in [5.41, 5.74) is 0.280. The summed E-state index contributed by atoms with van der Waals surface area (Å²) in [5.74, 6) is 1.16. The van der Waals surface area contributed by atoms with Crippen molar-refractivity contribution in [2.24, 2.45) is 4.99 Å². The molecule has 5 heteroatoms. The molecule has 0 amide bonds. The molecule has 1 spiro atoms. The van der Waals surface area contributed by atoms with Gasteiger partial charge in [0.05, 0.1) is 11.6 Å². The Morgan fingerprint density at radius 1 is 1.44 bits per heavy atom. The van der Waals surface area contributed by atoms with Crippen molar-refractivity contribution in [2.45, 2.75) is 37.3 Å². The van der Waals surface area contributed by atoms with Crippen LogP contribution < -0.4 is 5.32 Å². The molecule has 0 saturated carbocycles. The van der Waals surface area contributed by atoms with Crippen molar-refractivity contribution >= 4 is 16.9 Å². The fourth-order valence-corrected chi connectivity index (χ4v) is 4.30. The van der Waals surface area contributed by atoms with Crippen LogP contribution in [-0.2, 0) is 4.74 Å². The van der Waals surface area contributed by atoms with Crippen LogP contribution in [0.5, 0.6) is 0 Å². The molecule has 1 atom stereocenters. The maximum atomic E-state index is 5.46. The van der Waals surface area contributed by atoms with E-state index in [1.54, 1.807) is 0 Å². The minimum absolute atomic E-state index is 0.280. The van der Waals surface area contributed by atoms with Crippen LogP contribution in [0.3, 0.4) is 0 Å². The van der Waals surface area contributed by atoms with E-state index in [1.807, 2.05) is 11.8 Å². The molecule has 18 heavy (non-hydrogen) atoms. The molecular formula is C13H23N3OS. The summed E-state index contributed by atoms with van der Waals surface area (Å²) in [5, 5.41) is 4.86. The Bertz CT molecular complexity index is 328. The molecule has 0 radical (unpaired) electrons. The van der Waals surface area contributed by atoms with Gasteiger partial charge in [0.15, 0.2) is 5.17 Å². The Kier molecular flexibility index (Phi) is 3.82.